The van der Waals surface area contributed by atoms with Gasteiger partial charge >= 0.3 is 5.97 Å². The van der Waals surface area contributed by atoms with Gasteiger partial charge in [0.2, 0.25) is 0 Å². The lowest BCUT2D eigenvalue weighted by atomic mass is 10.2. The van der Waals surface area contributed by atoms with Crippen LogP contribution in [0.25, 0.3) is 0 Å². The molecule has 5 heteroatoms. The van der Waals surface area contributed by atoms with E-state index in [1.807, 2.05) is 5.59 Å². The summed E-state index contributed by atoms with van der Waals surface area (Å²) in [7, 11) is 0. The zero-order valence-corrected chi connectivity index (χ0v) is 9.02. The first-order valence-electron chi connectivity index (χ1n) is 4.39. The van der Waals surface area contributed by atoms with Crippen molar-refractivity contribution in [3.63, 3.8) is 0 Å². The van der Waals surface area contributed by atoms with Crippen LogP contribution in [0.2, 0.25) is 0 Å². The first kappa shape index (κ1) is 12.7. The van der Waals surface area contributed by atoms with Crippen molar-refractivity contribution in [2.75, 3.05) is 11.5 Å². The molecule has 4 nitrogen and oxygen atoms in total. The van der Waals surface area contributed by atoms with Gasteiger partial charge in [-0.25, -0.2) is 5.84 Å². The predicted molar refractivity (Wildman–Crippen MR) is 54.8 cm³/mol. The van der Waals surface area contributed by atoms with Crippen LogP contribution < -0.4 is 11.4 Å². The Labute approximate surface area is 83.5 Å². The summed E-state index contributed by atoms with van der Waals surface area (Å²) in [6.45, 7) is 4.38. The monoisotopic (exact) mass is 206 g/mol. The first-order valence-corrected chi connectivity index (χ1v) is 5.55. The summed E-state index contributed by atoms with van der Waals surface area (Å²) in [5.41, 5.74) is 1.87. The van der Waals surface area contributed by atoms with Gasteiger partial charge in [0.25, 0.3) is 0 Å². The molecule has 0 aromatic carbocycles. The van der Waals surface area contributed by atoms with Crippen molar-refractivity contribution in [3.05, 3.63) is 0 Å². The van der Waals surface area contributed by atoms with Gasteiger partial charge in [0.05, 0.1) is 6.42 Å². The highest BCUT2D eigenvalue weighted by atomic mass is 32.2. The number of hydrazine groups is 1. The molecule has 0 saturated heterocycles. The number of rotatable bonds is 7. The van der Waals surface area contributed by atoms with Gasteiger partial charge in [-0.2, -0.15) is 11.8 Å². The fraction of sp³-hybridized carbons (Fsp3) is 0.875. The minimum absolute atomic E-state index is 0.306. The number of carbonyl (C=O) groups is 1. The minimum atomic E-state index is -0.306. The molecule has 0 aromatic heterocycles. The van der Waals surface area contributed by atoms with Crippen LogP contribution in [0.5, 0.6) is 0 Å². The van der Waals surface area contributed by atoms with Crippen molar-refractivity contribution in [2.45, 2.75) is 26.7 Å². The number of hydrogen-bond donors (Lipinski definition) is 2. The molecule has 13 heavy (non-hydrogen) atoms. The maximum absolute atomic E-state index is 10.8. The molecular formula is C8H18N2O2S. The predicted octanol–water partition coefficient (Wildman–Crippen LogP) is 1.08. The molecule has 78 valence electrons. The molecule has 0 aliphatic carbocycles. The third-order valence-corrected chi connectivity index (χ3v) is 2.48. The summed E-state index contributed by atoms with van der Waals surface area (Å²) < 4.78 is 0. The van der Waals surface area contributed by atoms with E-state index < -0.39 is 0 Å². The smallest absolute Gasteiger partial charge is 0.327 e. The Hall–Kier alpha value is -0.260. The number of nitrogens with one attached hydrogen (secondary N) is 1. The lowest BCUT2D eigenvalue weighted by Gasteiger charge is -2.03. The summed E-state index contributed by atoms with van der Waals surface area (Å²) in [6.07, 6.45) is 1.60. The lowest BCUT2D eigenvalue weighted by Crippen LogP contribution is -2.26. The number of nitrogens with two attached hydrogens (primary N) is 1. The molecule has 0 bridgehead atoms. The molecule has 0 rings (SSSR count). The molecule has 0 unspecified atom stereocenters. The molecular weight excluding hydrogens is 188 g/mol. The maximum atomic E-state index is 10.8. The van der Waals surface area contributed by atoms with E-state index in [0.29, 0.717) is 6.42 Å². The summed E-state index contributed by atoms with van der Waals surface area (Å²) in [4.78, 5) is 15.1. The largest absolute Gasteiger partial charge is 0.356 e. The van der Waals surface area contributed by atoms with E-state index >= 15 is 0 Å². The normalized spacial score (nSPS) is 10.5. The van der Waals surface area contributed by atoms with Gasteiger partial charge in [-0.15, -0.1) is 0 Å². The van der Waals surface area contributed by atoms with Crippen LogP contribution in [0.4, 0.5) is 0 Å². The van der Waals surface area contributed by atoms with Crippen LogP contribution in [0.1, 0.15) is 26.7 Å². The standard InChI is InChI=1S/C8H18N2O2S/c1-7(2)3-5-13-6-4-8(11)12-10-9/h7,10H,3-6,9H2,1-2H3. The van der Waals surface area contributed by atoms with Crippen molar-refractivity contribution in [3.8, 4) is 0 Å². The van der Waals surface area contributed by atoms with E-state index in [1.54, 1.807) is 11.8 Å². The zero-order valence-electron chi connectivity index (χ0n) is 8.21. The van der Waals surface area contributed by atoms with Crippen LogP contribution >= 0.6 is 11.8 Å². The Balaban J connectivity index is 3.11. The Morgan fingerprint density at radius 1 is 1.54 bits per heavy atom. The van der Waals surface area contributed by atoms with Crippen molar-refractivity contribution in [1.29, 1.82) is 0 Å². The SMILES string of the molecule is CC(C)CCSCCC(=O)ONN. The molecule has 0 atom stereocenters. The van der Waals surface area contributed by atoms with Gasteiger partial charge < -0.3 is 4.84 Å². The fourth-order valence-corrected chi connectivity index (χ4v) is 1.85. The van der Waals surface area contributed by atoms with Gasteiger partial charge in [-0.1, -0.05) is 19.4 Å². The first-order chi connectivity index (χ1) is 6.16. The highest BCUT2D eigenvalue weighted by Crippen LogP contribution is 2.09. The topological polar surface area (TPSA) is 64.3 Å². The number of thioether (sulfide) groups is 1. The zero-order chi connectivity index (χ0) is 10.1. The molecule has 0 radical (unpaired) electrons. The third-order valence-electron chi connectivity index (χ3n) is 1.46. The average Bonchev–Trinajstić information content (AvgIpc) is 2.03. The van der Waals surface area contributed by atoms with Crippen molar-refractivity contribution >= 4 is 17.7 Å². The van der Waals surface area contributed by atoms with Crippen LogP contribution in [-0.2, 0) is 9.63 Å². The van der Waals surface area contributed by atoms with E-state index in [1.165, 1.54) is 6.42 Å². The molecule has 3 N–H and O–H groups in total. The molecule has 0 saturated carbocycles. The molecule has 0 aromatic rings. The minimum Gasteiger partial charge on any atom is -0.356 e. The molecule has 0 fully saturated rings. The molecule has 0 amide bonds. The molecule has 0 aliphatic heterocycles. The second-order valence-corrected chi connectivity index (χ2v) is 4.36. The van der Waals surface area contributed by atoms with Gasteiger partial charge in [0.1, 0.15) is 0 Å². The van der Waals surface area contributed by atoms with Crippen LogP contribution in [0.15, 0.2) is 0 Å². The second-order valence-electron chi connectivity index (χ2n) is 3.14. The van der Waals surface area contributed by atoms with Crippen molar-refractivity contribution in [2.24, 2.45) is 11.8 Å². The average molecular weight is 206 g/mol. The van der Waals surface area contributed by atoms with Gasteiger partial charge in [-0.3, -0.25) is 4.79 Å². The summed E-state index contributed by atoms with van der Waals surface area (Å²) in [5, 5.41) is 0. The summed E-state index contributed by atoms with van der Waals surface area (Å²) in [6, 6.07) is 0. The number of carbonyl (C=O) groups excluding carboxylic acids is 1. The Morgan fingerprint density at radius 2 is 2.23 bits per heavy atom. The van der Waals surface area contributed by atoms with Gasteiger partial charge in [0.15, 0.2) is 0 Å². The van der Waals surface area contributed by atoms with E-state index in [9.17, 15) is 4.79 Å². The van der Waals surface area contributed by atoms with Crippen LogP contribution in [0, 0.1) is 5.92 Å². The third kappa shape index (κ3) is 9.66. The Kier molecular flexibility index (Phi) is 8.18. The molecule has 0 spiro atoms. The molecule has 0 aliphatic rings. The van der Waals surface area contributed by atoms with Gasteiger partial charge in [-0.05, 0) is 18.1 Å². The lowest BCUT2D eigenvalue weighted by molar-refractivity contribution is -0.150. The maximum Gasteiger partial charge on any atom is 0.327 e. The van der Waals surface area contributed by atoms with E-state index in [0.717, 1.165) is 17.4 Å². The number of hydrogen-bond acceptors (Lipinski definition) is 5. The van der Waals surface area contributed by atoms with Crippen LogP contribution in [0.3, 0.4) is 0 Å². The summed E-state index contributed by atoms with van der Waals surface area (Å²) >= 11 is 1.77. The fourth-order valence-electron chi connectivity index (χ4n) is 0.693. The Morgan fingerprint density at radius 3 is 2.77 bits per heavy atom. The molecule has 0 heterocycles. The van der Waals surface area contributed by atoms with Gasteiger partial charge in [0, 0.05) is 5.75 Å². The van der Waals surface area contributed by atoms with Crippen molar-refractivity contribution in [1.82, 2.24) is 5.59 Å². The summed E-state index contributed by atoms with van der Waals surface area (Å²) in [5.74, 6) is 7.12. The van der Waals surface area contributed by atoms with Crippen molar-refractivity contribution < 1.29 is 9.63 Å². The highest BCUT2D eigenvalue weighted by Gasteiger charge is 2.01. The quantitative estimate of drug-likeness (QED) is 0.371. The second kappa shape index (κ2) is 8.34. The highest BCUT2D eigenvalue weighted by molar-refractivity contribution is 7.99. The van der Waals surface area contributed by atoms with E-state index in [2.05, 4.69) is 18.7 Å². The Bertz CT molecular complexity index is 142. The van der Waals surface area contributed by atoms with E-state index in [-0.39, 0.29) is 5.97 Å². The van der Waals surface area contributed by atoms with Crippen LogP contribution in [-0.4, -0.2) is 17.5 Å². The van der Waals surface area contributed by atoms with E-state index in [4.69, 9.17) is 5.84 Å².